The van der Waals surface area contributed by atoms with Gasteiger partial charge in [0.05, 0.1) is 5.69 Å². The second-order valence-electron chi connectivity index (χ2n) is 3.69. The third-order valence-corrected chi connectivity index (χ3v) is 2.95. The average molecular weight is 286 g/mol. The van der Waals surface area contributed by atoms with E-state index in [1.54, 1.807) is 0 Å². The van der Waals surface area contributed by atoms with Crippen LogP contribution in [0.3, 0.4) is 0 Å². The molecule has 0 amide bonds. The van der Waals surface area contributed by atoms with Gasteiger partial charge in [0.15, 0.2) is 0 Å². The van der Waals surface area contributed by atoms with Crippen LogP contribution in [0.5, 0.6) is 0 Å². The van der Waals surface area contributed by atoms with Crippen LogP contribution in [-0.4, -0.2) is 36.1 Å². The highest BCUT2D eigenvalue weighted by molar-refractivity contribution is 9.10. The molecule has 0 unspecified atom stereocenters. The molecule has 0 saturated heterocycles. The van der Waals surface area contributed by atoms with Gasteiger partial charge in [-0.15, -0.1) is 0 Å². The van der Waals surface area contributed by atoms with E-state index in [-0.39, 0.29) is 0 Å². The van der Waals surface area contributed by atoms with Crippen molar-refractivity contribution in [3.63, 3.8) is 0 Å². The van der Waals surface area contributed by atoms with Gasteiger partial charge in [-0.25, -0.2) is 0 Å². The van der Waals surface area contributed by atoms with Crippen molar-refractivity contribution in [2.24, 2.45) is 0 Å². The lowest BCUT2D eigenvalue weighted by Gasteiger charge is -2.19. The molecule has 4 heteroatoms. The topological polar surface area (TPSA) is 28.2 Å². The summed E-state index contributed by atoms with van der Waals surface area (Å²) >= 11 is 3.39. The molecule has 3 nitrogen and oxygen atoms in total. The largest absolute Gasteiger partial charge is 0.316 e. The molecule has 0 aromatic carbocycles. The van der Waals surface area contributed by atoms with Crippen LogP contribution in [0, 0.1) is 0 Å². The third-order valence-electron chi connectivity index (χ3n) is 2.48. The van der Waals surface area contributed by atoms with E-state index < -0.39 is 0 Å². The first kappa shape index (κ1) is 13.6. The van der Waals surface area contributed by atoms with Crippen LogP contribution in [-0.2, 0) is 6.54 Å². The zero-order valence-electron chi connectivity index (χ0n) is 10.0. The van der Waals surface area contributed by atoms with Gasteiger partial charge in [-0.1, -0.05) is 13.8 Å². The number of nitrogens with zero attached hydrogens (tertiary/aromatic N) is 2. The summed E-state index contributed by atoms with van der Waals surface area (Å²) in [6.45, 7) is 9.45. The number of nitrogens with one attached hydrogen (secondary N) is 1. The summed E-state index contributed by atoms with van der Waals surface area (Å²) in [4.78, 5) is 6.77. The minimum Gasteiger partial charge on any atom is -0.316 e. The Morgan fingerprint density at radius 2 is 2.19 bits per heavy atom. The maximum Gasteiger partial charge on any atom is 0.0544 e. The van der Waals surface area contributed by atoms with Gasteiger partial charge in [-0.05, 0) is 41.2 Å². The van der Waals surface area contributed by atoms with Crippen molar-refractivity contribution < 1.29 is 0 Å². The van der Waals surface area contributed by atoms with E-state index in [9.17, 15) is 0 Å². The molecule has 16 heavy (non-hydrogen) atoms. The molecule has 1 heterocycles. The Hall–Kier alpha value is -0.450. The molecule has 1 N–H and O–H groups in total. The lowest BCUT2D eigenvalue weighted by Crippen LogP contribution is -2.31. The SMILES string of the molecule is CCNCCN(CC)Cc1ccc(Br)cn1. The van der Waals surface area contributed by atoms with Crippen molar-refractivity contribution in [1.29, 1.82) is 0 Å². The maximum absolute atomic E-state index is 4.39. The molecular weight excluding hydrogens is 266 g/mol. The summed E-state index contributed by atoms with van der Waals surface area (Å²) in [7, 11) is 0. The molecular formula is C12H20BrN3. The van der Waals surface area contributed by atoms with Gasteiger partial charge in [0.2, 0.25) is 0 Å². The van der Waals surface area contributed by atoms with Gasteiger partial charge in [-0.2, -0.15) is 0 Å². The standard InChI is InChI=1S/C12H20BrN3/c1-3-14-7-8-16(4-2)10-12-6-5-11(13)9-15-12/h5-6,9,14H,3-4,7-8,10H2,1-2H3. The number of hydrogen-bond acceptors (Lipinski definition) is 3. The first-order valence-corrected chi connectivity index (χ1v) is 6.59. The number of rotatable bonds is 7. The van der Waals surface area contributed by atoms with Crippen LogP contribution >= 0.6 is 15.9 Å². The van der Waals surface area contributed by atoms with Crippen LogP contribution in [0.1, 0.15) is 19.5 Å². The van der Waals surface area contributed by atoms with Crippen molar-refractivity contribution in [3.05, 3.63) is 28.5 Å². The van der Waals surface area contributed by atoms with E-state index in [1.807, 2.05) is 12.3 Å². The number of aromatic nitrogens is 1. The molecule has 0 aliphatic heterocycles. The smallest absolute Gasteiger partial charge is 0.0544 e. The zero-order valence-corrected chi connectivity index (χ0v) is 11.6. The number of hydrogen-bond donors (Lipinski definition) is 1. The predicted octanol–water partition coefficient (Wildman–Crippen LogP) is 2.28. The zero-order chi connectivity index (χ0) is 11.8. The van der Waals surface area contributed by atoms with Crippen molar-refractivity contribution in [2.75, 3.05) is 26.2 Å². The van der Waals surface area contributed by atoms with Crippen molar-refractivity contribution >= 4 is 15.9 Å². The second-order valence-corrected chi connectivity index (χ2v) is 4.61. The van der Waals surface area contributed by atoms with Crippen LogP contribution in [0.4, 0.5) is 0 Å². The summed E-state index contributed by atoms with van der Waals surface area (Å²) < 4.78 is 1.03. The molecule has 0 radical (unpaired) electrons. The number of likely N-dealkylation sites (N-methyl/N-ethyl adjacent to an activating group) is 2. The Kier molecular flexibility index (Phi) is 6.61. The summed E-state index contributed by atoms with van der Waals surface area (Å²) in [6, 6.07) is 4.11. The Labute approximate surface area is 106 Å². The fraction of sp³-hybridized carbons (Fsp3) is 0.583. The van der Waals surface area contributed by atoms with Crippen molar-refractivity contribution in [1.82, 2.24) is 15.2 Å². The van der Waals surface area contributed by atoms with Gasteiger partial charge in [0.1, 0.15) is 0 Å². The highest BCUT2D eigenvalue weighted by atomic mass is 79.9. The van der Waals surface area contributed by atoms with E-state index in [0.29, 0.717) is 0 Å². The van der Waals surface area contributed by atoms with E-state index in [2.05, 4.69) is 51.0 Å². The summed E-state index contributed by atoms with van der Waals surface area (Å²) in [6.07, 6.45) is 1.85. The molecule has 0 fully saturated rings. The van der Waals surface area contributed by atoms with Crippen molar-refractivity contribution in [3.8, 4) is 0 Å². The van der Waals surface area contributed by atoms with E-state index >= 15 is 0 Å². The molecule has 1 rings (SSSR count). The molecule has 0 saturated carbocycles. The van der Waals surface area contributed by atoms with Crippen molar-refractivity contribution in [2.45, 2.75) is 20.4 Å². The Morgan fingerprint density at radius 3 is 2.75 bits per heavy atom. The molecule has 0 spiro atoms. The molecule has 0 bridgehead atoms. The molecule has 0 aliphatic rings. The monoisotopic (exact) mass is 285 g/mol. The van der Waals surface area contributed by atoms with Crippen LogP contribution in [0.15, 0.2) is 22.8 Å². The highest BCUT2D eigenvalue weighted by Gasteiger charge is 2.03. The fourth-order valence-electron chi connectivity index (χ4n) is 1.49. The van der Waals surface area contributed by atoms with E-state index in [0.717, 1.165) is 42.9 Å². The second kappa shape index (κ2) is 7.76. The molecule has 1 aromatic heterocycles. The molecule has 0 aliphatic carbocycles. The summed E-state index contributed by atoms with van der Waals surface area (Å²) in [5.74, 6) is 0. The average Bonchev–Trinajstić information content (AvgIpc) is 2.31. The van der Waals surface area contributed by atoms with Gasteiger partial charge < -0.3 is 5.32 Å². The normalized spacial score (nSPS) is 11.0. The van der Waals surface area contributed by atoms with E-state index in [4.69, 9.17) is 0 Å². The lowest BCUT2D eigenvalue weighted by atomic mass is 10.3. The lowest BCUT2D eigenvalue weighted by molar-refractivity contribution is 0.277. The predicted molar refractivity (Wildman–Crippen MR) is 71.4 cm³/mol. The Morgan fingerprint density at radius 1 is 1.38 bits per heavy atom. The van der Waals surface area contributed by atoms with Gasteiger partial charge >= 0.3 is 0 Å². The van der Waals surface area contributed by atoms with Gasteiger partial charge in [0.25, 0.3) is 0 Å². The Balaban J connectivity index is 2.40. The van der Waals surface area contributed by atoms with Crippen LogP contribution in [0.25, 0.3) is 0 Å². The highest BCUT2D eigenvalue weighted by Crippen LogP contribution is 2.08. The third kappa shape index (κ3) is 5.05. The summed E-state index contributed by atoms with van der Waals surface area (Å²) in [5, 5.41) is 3.34. The number of pyridine rings is 1. The quantitative estimate of drug-likeness (QED) is 0.779. The van der Waals surface area contributed by atoms with Crippen LogP contribution < -0.4 is 5.32 Å². The van der Waals surface area contributed by atoms with Crippen LogP contribution in [0.2, 0.25) is 0 Å². The van der Waals surface area contributed by atoms with Gasteiger partial charge in [-0.3, -0.25) is 9.88 Å². The molecule has 90 valence electrons. The minimum absolute atomic E-state index is 0.926. The van der Waals surface area contributed by atoms with Gasteiger partial charge in [0, 0.05) is 30.3 Å². The first-order chi connectivity index (χ1) is 7.76. The summed E-state index contributed by atoms with van der Waals surface area (Å²) in [5.41, 5.74) is 1.13. The molecule has 0 atom stereocenters. The van der Waals surface area contributed by atoms with E-state index in [1.165, 1.54) is 0 Å². The fourth-order valence-corrected chi connectivity index (χ4v) is 1.73. The minimum atomic E-state index is 0.926. The number of halogens is 1. The maximum atomic E-state index is 4.39. The molecule has 1 aromatic rings. The Bertz CT molecular complexity index is 287. The first-order valence-electron chi connectivity index (χ1n) is 5.79.